The van der Waals surface area contributed by atoms with Gasteiger partial charge in [0.25, 0.3) is 0 Å². The molecule has 1 aromatic carbocycles. The summed E-state index contributed by atoms with van der Waals surface area (Å²) < 4.78 is 24.2. The Morgan fingerprint density at radius 1 is 1.35 bits per heavy atom. The molecule has 26 heavy (non-hydrogen) atoms. The largest absolute Gasteiger partial charge is 0.489 e. The Hall–Kier alpha value is -3.16. The number of anilines is 1. The number of hydrogen-bond donors (Lipinski definition) is 1. The second-order valence-corrected chi connectivity index (χ2v) is 6.16. The molecular formula is C18H16FN3O4. The number of halogens is 1. The third-order valence-electron chi connectivity index (χ3n) is 4.45. The molecule has 1 aromatic heterocycles. The number of cyclic esters (lactones) is 1. The van der Waals surface area contributed by atoms with Crippen molar-refractivity contribution in [1.29, 1.82) is 0 Å². The maximum absolute atomic E-state index is 13.0. The standard InChI is InChI=1S/C18H16FN3O4/c1-10(23)20-8-16-14-9-25-15-6-11(12-3-5-17(19)21-7-12)2-4-13(15)22(14)18(24)26-16/h2-7,14,16H,8-9H2,1H3,(H,20,23)/t14-,16-/m0/s1. The molecule has 1 saturated heterocycles. The predicted octanol–water partition coefficient (Wildman–Crippen LogP) is 2.11. The van der Waals surface area contributed by atoms with Crippen molar-refractivity contribution in [2.75, 3.05) is 18.1 Å². The number of benzene rings is 1. The number of ether oxygens (including phenoxy) is 2. The molecular weight excluding hydrogens is 341 g/mol. The fourth-order valence-electron chi connectivity index (χ4n) is 3.18. The number of fused-ring (bicyclic) bond motifs is 3. The van der Waals surface area contributed by atoms with Gasteiger partial charge >= 0.3 is 6.09 Å². The van der Waals surface area contributed by atoms with Crippen LogP contribution in [0.2, 0.25) is 0 Å². The molecule has 7 nitrogen and oxygen atoms in total. The molecule has 2 atom stereocenters. The lowest BCUT2D eigenvalue weighted by Crippen LogP contribution is -2.47. The topological polar surface area (TPSA) is 80.8 Å². The van der Waals surface area contributed by atoms with Gasteiger partial charge in [-0.05, 0) is 29.8 Å². The van der Waals surface area contributed by atoms with Crippen molar-refractivity contribution in [2.24, 2.45) is 0 Å². The molecule has 4 rings (SSSR count). The van der Waals surface area contributed by atoms with E-state index in [2.05, 4.69) is 10.3 Å². The lowest BCUT2D eigenvalue weighted by Gasteiger charge is -2.31. The number of aromatic nitrogens is 1. The molecule has 0 saturated carbocycles. The van der Waals surface area contributed by atoms with E-state index >= 15 is 0 Å². The highest BCUT2D eigenvalue weighted by molar-refractivity contribution is 5.94. The van der Waals surface area contributed by atoms with Crippen LogP contribution in [0.3, 0.4) is 0 Å². The Labute approximate surface area is 148 Å². The number of nitrogens with zero attached hydrogens (tertiary/aromatic N) is 2. The van der Waals surface area contributed by atoms with E-state index < -0.39 is 18.1 Å². The van der Waals surface area contributed by atoms with Crippen LogP contribution in [0.1, 0.15) is 6.92 Å². The van der Waals surface area contributed by atoms with Crippen LogP contribution in [0.15, 0.2) is 36.5 Å². The monoisotopic (exact) mass is 357 g/mol. The average Bonchev–Trinajstić information content (AvgIpc) is 2.96. The first-order valence-corrected chi connectivity index (χ1v) is 8.16. The van der Waals surface area contributed by atoms with Crippen LogP contribution >= 0.6 is 0 Å². The zero-order chi connectivity index (χ0) is 18.3. The van der Waals surface area contributed by atoms with Crippen LogP contribution in [-0.2, 0) is 9.53 Å². The zero-order valence-electron chi connectivity index (χ0n) is 13.9. The van der Waals surface area contributed by atoms with Crippen LogP contribution in [0, 0.1) is 5.95 Å². The van der Waals surface area contributed by atoms with Crippen LogP contribution in [-0.4, -0.2) is 42.3 Å². The van der Waals surface area contributed by atoms with Gasteiger partial charge in [0.05, 0.1) is 12.2 Å². The Balaban J connectivity index is 1.61. The summed E-state index contributed by atoms with van der Waals surface area (Å²) in [6.07, 6.45) is 0.502. The van der Waals surface area contributed by atoms with Crippen LogP contribution in [0.4, 0.5) is 14.9 Å². The quantitative estimate of drug-likeness (QED) is 0.851. The highest BCUT2D eigenvalue weighted by atomic mass is 19.1. The maximum Gasteiger partial charge on any atom is 0.415 e. The Morgan fingerprint density at radius 2 is 2.15 bits per heavy atom. The van der Waals surface area contributed by atoms with Gasteiger partial charge in [-0.1, -0.05) is 6.07 Å². The van der Waals surface area contributed by atoms with E-state index in [1.54, 1.807) is 23.1 Å². The number of hydrogen-bond acceptors (Lipinski definition) is 5. The summed E-state index contributed by atoms with van der Waals surface area (Å²) in [5.41, 5.74) is 2.15. The lowest BCUT2D eigenvalue weighted by molar-refractivity contribution is -0.119. The van der Waals surface area contributed by atoms with Crippen molar-refractivity contribution in [3.63, 3.8) is 0 Å². The number of rotatable bonds is 3. The van der Waals surface area contributed by atoms with E-state index in [-0.39, 0.29) is 25.1 Å². The van der Waals surface area contributed by atoms with Gasteiger partial charge in [-0.25, -0.2) is 9.78 Å². The van der Waals surface area contributed by atoms with Gasteiger partial charge in [-0.15, -0.1) is 0 Å². The minimum absolute atomic E-state index is 0.186. The Morgan fingerprint density at radius 3 is 2.88 bits per heavy atom. The SMILES string of the molecule is CC(=O)NC[C@@H]1OC(=O)N2c3ccc(-c4ccc(F)nc4)cc3OC[C@@H]12. The summed E-state index contributed by atoms with van der Waals surface area (Å²) in [6.45, 7) is 1.90. The highest BCUT2D eigenvalue weighted by Crippen LogP contribution is 2.40. The molecule has 2 amide bonds. The summed E-state index contributed by atoms with van der Waals surface area (Å²) in [5, 5.41) is 2.66. The molecule has 1 fully saturated rings. The molecule has 0 unspecified atom stereocenters. The smallest absolute Gasteiger partial charge is 0.415 e. The second kappa shape index (κ2) is 6.29. The number of amides is 2. The average molecular weight is 357 g/mol. The maximum atomic E-state index is 13.0. The van der Waals surface area contributed by atoms with Gasteiger partial charge < -0.3 is 14.8 Å². The van der Waals surface area contributed by atoms with Crippen molar-refractivity contribution < 1.29 is 23.5 Å². The van der Waals surface area contributed by atoms with E-state index in [1.807, 2.05) is 6.07 Å². The molecule has 0 radical (unpaired) electrons. The van der Waals surface area contributed by atoms with E-state index in [1.165, 1.54) is 19.2 Å². The van der Waals surface area contributed by atoms with Crippen molar-refractivity contribution in [3.05, 3.63) is 42.5 Å². The van der Waals surface area contributed by atoms with Crippen molar-refractivity contribution >= 4 is 17.7 Å². The third-order valence-corrected chi connectivity index (χ3v) is 4.45. The fraction of sp³-hybridized carbons (Fsp3) is 0.278. The molecule has 134 valence electrons. The molecule has 2 aromatic rings. The molecule has 0 spiro atoms. The number of carbonyl (C=O) groups excluding carboxylic acids is 2. The van der Waals surface area contributed by atoms with Crippen molar-refractivity contribution in [2.45, 2.75) is 19.1 Å². The summed E-state index contributed by atoms with van der Waals surface area (Å²) in [4.78, 5) is 28.6. The summed E-state index contributed by atoms with van der Waals surface area (Å²) in [5.74, 6) is -0.190. The number of nitrogens with one attached hydrogen (secondary N) is 1. The van der Waals surface area contributed by atoms with E-state index in [9.17, 15) is 14.0 Å². The molecule has 1 N–H and O–H groups in total. The van der Waals surface area contributed by atoms with Crippen molar-refractivity contribution in [3.8, 4) is 16.9 Å². The summed E-state index contributed by atoms with van der Waals surface area (Å²) in [7, 11) is 0. The van der Waals surface area contributed by atoms with Gasteiger partial charge in [0.15, 0.2) is 0 Å². The molecule has 8 heteroatoms. The van der Waals surface area contributed by atoms with Crippen molar-refractivity contribution in [1.82, 2.24) is 10.3 Å². The molecule has 0 aliphatic carbocycles. The van der Waals surface area contributed by atoms with Gasteiger partial charge in [0, 0.05) is 18.7 Å². The fourth-order valence-corrected chi connectivity index (χ4v) is 3.18. The van der Waals surface area contributed by atoms with Crippen LogP contribution < -0.4 is 15.0 Å². The molecule has 3 heterocycles. The molecule has 0 bridgehead atoms. The zero-order valence-corrected chi connectivity index (χ0v) is 13.9. The minimum Gasteiger partial charge on any atom is -0.489 e. The first kappa shape index (κ1) is 16.3. The van der Waals surface area contributed by atoms with E-state index in [0.29, 0.717) is 11.4 Å². The predicted molar refractivity (Wildman–Crippen MR) is 90.3 cm³/mol. The highest BCUT2D eigenvalue weighted by Gasteiger charge is 2.46. The van der Waals surface area contributed by atoms with E-state index in [4.69, 9.17) is 9.47 Å². The Bertz CT molecular complexity index is 871. The summed E-state index contributed by atoms with van der Waals surface area (Å²) >= 11 is 0. The lowest BCUT2D eigenvalue weighted by atomic mass is 10.0. The van der Waals surface area contributed by atoms with Gasteiger partial charge in [-0.3, -0.25) is 9.69 Å². The number of pyridine rings is 1. The Kier molecular flexibility index (Phi) is 3.95. The summed E-state index contributed by atoms with van der Waals surface area (Å²) in [6, 6.07) is 7.98. The van der Waals surface area contributed by atoms with Gasteiger partial charge in [0.2, 0.25) is 11.9 Å². The third kappa shape index (κ3) is 2.83. The van der Waals surface area contributed by atoms with E-state index in [0.717, 1.165) is 11.1 Å². The first-order chi connectivity index (χ1) is 12.5. The van der Waals surface area contributed by atoms with Crippen LogP contribution in [0.25, 0.3) is 11.1 Å². The number of carbonyl (C=O) groups is 2. The van der Waals surface area contributed by atoms with Gasteiger partial charge in [-0.2, -0.15) is 4.39 Å². The van der Waals surface area contributed by atoms with Gasteiger partial charge in [0.1, 0.15) is 24.5 Å². The molecule has 2 aliphatic rings. The first-order valence-electron chi connectivity index (χ1n) is 8.16. The minimum atomic E-state index is -0.546. The normalized spacial score (nSPS) is 20.7. The van der Waals surface area contributed by atoms with Crippen LogP contribution in [0.5, 0.6) is 5.75 Å². The second-order valence-electron chi connectivity index (χ2n) is 6.16. The molecule has 2 aliphatic heterocycles.